The van der Waals surface area contributed by atoms with E-state index in [1.165, 1.54) is 17.0 Å². The Hall–Kier alpha value is -2.19. The predicted molar refractivity (Wildman–Crippen MR) is 110 cm³/mol. The van der Waals surface area contributed by atoms with Crippen molar-refractivity contribution in [2.24, 2.45) is 10.2 Å². The summed E-state index contributed by atoms with van der Waals surface area (Å²) in [6.45, 7) is 0. The van der Waals surface area contributed by atoms with E-state index in [1.807, 2.05) is 40.7 Å². The molecule has 0 spiro atoms. The second kappa shape index (κ2) is 7.09. The molecule has 27 heavy (non-hydrogen) atoms. The number of sulfonamides is 1. The van der Waals surface area contributed by atoms with Crippen molar-refractivity contribution in [3.63, 3.8) is 0 Å². The van der Waals surface area contributed by atoms with Gasteiger partial charge in [-0.05, 0) is 53.4 Å². The van der Waals surface area contributed by atoms with Gasteiger partial charge in [-0.3, -0.25) is 5.01 Å². The lowest BCUT2D eigenvalue weighted by molar-refractivity contribution is 0.598. The van der Waals surface area contributed by atoms with Crippen LogP contribution in [-0.4, -0.2) is 14.1 Å². The van der Waals surface area contributed by atoms with Crippen molar-refractivity contribution in [1.29, 1.82) is 0 Å². The minimum absolute atomic E-state index is 0.0519. The van der Waals surface area contributed by atoms with Gasteiger partial charge in [0.15, 0.2) is 0 Å². The summed E-state index contributed by atoms with van der Waals surface area (Å²) in [5, 5.41) is 14.7. The average Bonchev–Trinajstić information content (AvgIpc) is 3.31. The van der Waals surface area contributed by atoms with Crippen LogP contribution in [0.1, 0.15) is 22.9 Å². The Morgan fingerprint density at radius 2 is 1.78 bits per heavy atom. The minimum atomic E-state index is -3.72. The van der Waals surface area contributed by atoms with Crippen LogP contribution in [0.25, 0.3) is 0 Å². The molecule has 1 atom stereocenters. The molecule has 0 radical (unpaired) electrons. The number of thiophene rings is 1. The SMILES string of the molecule is NS(=O)(=O)c1ccc(N2N=C(c3ccc(Cl)cc3)CC2c2cccs2)cc1. The number of rotatable bonds is 4. The summed E-state index contributed by atoms with van der Waals surface area (Å²) in [4.78, 5) is 1.28. The molecule has 0 amide bonds. The average molecular weight is 418 g/mol. The molecule has 0 aliphatic carbocycles. The Morgan fingerprint density at radius 1 is 1.07 bits per heavy atom. The third kappa shape index (κ3) is 3.77. The first kappa shape index (κ1) is 18.2. The van der Waals surface area contributed by atoms with E-state index in [9.17, 15) is 8.42 Å². The van der Waals surface area contributed by atoms with Gasteiger partial charge < -0.3 is 0 Å². The van der Waals surface area contributed by atoms with E-state index in [-0.39, 0.29) is 10.9 Å². The molecular weight excluding hydrogens is 402 g/mol. The van der Waals surface area contributed by atoms with Crippen molar-refractivity contribution in [2.75, 3.05) is 5.01 Å². The highest BCUT2D eigenvalue weighted by Crippen LogP contribution is 2.38. The third-order valence-electron chi connectivity index (χ3n) is 4.39. The number of hydrazone groups is 1. The first-order valence-electron chi connectivity index (χ1n) is 8.21. The Bertz CT molecular complexity index is 1080. The van der Waals surface area contributed by atoms with Gasteiger partial charge in [0.1, 0.15) is 0 Å². The van der Waals surface area contributed by atoms with E-state index in [4.69, 9.17) is 21.8 Å². The second-order valence-electron chi connectivity index (χ2n) is 6.17. The molecule has 2 aromatic carbocycles. The molecule has 2 N–H and O–H groups in total. The van der Waals surface area contributed by atoms with Gasteiger partial charge in [0.05, 0.1) is 22.3 Å². The van der Waals surface area contributed by atoms with Gasteiger partial charge in [-0.2, -0.15) is 5.10 Å². The molecule has 4 rings (SSSR count). The minimum Gasteiger partial charge on any atom is -0.257 e. The zero-order valence-electron chi connectivity index (χ0n) is 14.1. The Morgan fingerprint density at radius 3 is 2.37 bits per heavy atom. The van der Waals surface area contributed by atoms with Crippen LogP contribution in [0.5, 0.6) is 0 Å². The molecule has 3 aromatic rings. The molecule has 1 aliphatic rings. The maximum absolute atomic E-state index is 11.5. The van der Waals surface area contributed by atoms with Gasteiger partial charge in [0.25, 0.3) is 0 Å². The van der Waals surface area contributed by atoms with E-state index in [2.05, 4.69) is 6.07 Å². The molecule has 5 nitrogen and oxygen atoms in total. The van der Waals surface area contributed by atoms with Gasteiger partial charge in [-0.15, -0.1) is 11.3 Å². The third-order valence-corrected chi connectivity index (χ3v) is 6.54. The second-order valence-corrected chi connectivity index (χ2v) is 9.15. The molecule has 0 saturated heterocycles. The van der Waals surface area contributed by atoms with E-state index in [0.717, 1.165) is 23.4 Å². The fourth-order valence-electron chi connectivity index (χ4n) is 3.06. The van der Waals surface area contributed by atoms with Crippen LogP contribution in [-0.2, 0) is 10.0 Å². The number of halogens is 1. The fourth-order valence-corrected chi connectivity index (χ4v) is 4.51. The quantitative estimate of drug-likeness (QED) is 0.683. The number of benzene rings is 2. The van der Waals surface area contributed by atoms with Crippen molar-refractivity contribution < 1.29 is 8.42 Å². The maximum Gasteiger partial charge on any atom is 0.238 e. The van der Waals surface area contributed by atoms with E-state index >= 15 is 0 Å². The van der Waals surface area contributed by atoms with E-state index < -0.39 is 10.0 Å². The number of primary sulfonamides is 1. The molecule has 1 aromatic heterocycles. The van der Waals surface area contributed by atoms with E-state index in [0.29, 0.717) is 5.02 Å². The van der Waals surface area contributed by atoms with Gasteiger partial charge in [-0.25, -0.2) is 13.6 Å². The van der Waals surface area contributed by atoms with Crippen molar-refractivity contribution >= 4 is 44.4 Å². The Balaban J connectivity index is 1.73. The summed E-state index contributed by atoms with van der Waals surface area (Å²) in [6.07, 6.45) is 0.749. The van der Waals surface area contributed by atoms with Gasteiger partial charge in [0.2, 0.25) is 10.0 Å². The topological polar surface area (TPSA) is 75.8 Å². The standard InChI is InChI=1S/C19H16ClN3O2S2/c20-14-5-3-13(4-6-14)17-12-18(19-2-1-11-26-19)23(22-17)15-7-9-16(10-8-15)27(21,24)25/h1-11,18H,12H2,(H2,21,24,25). The maximum atomic E-state index is 11.5. The zero-order valence-corrected chi connectivity index (χ0v) is 16.5. The highest BCUT2D eigenvalue weighted by molar-refractivity contribution is 7.89. The van der Waals surface area contributed by atoms with Crippen LogP contribution < -0.4 is 10.1 Å². The Labute approximate surface area is 166 Å². The van der Waals surface area contributed by atoms with Crippen molar-refractivity contribution in [1.82, 2.24) is 0 Å². The molecular formula is C19H16ClN3O2S2. The molecule has 0 fully saturated rings. The van der Waals surface area contributed by atoms with E-state index in [1.54, 1.807) is 23.5 Å². The normalized spacial score (nSPS) is 17.2. The smallest absolute Gasteiger partial charge is 0.238 e. The lowest BCUT2D eigenvalue weighted by Gasteiger charge is -2.22. The highest BCUT2D eigenvalue weighted by Gasteiger charge is 2.30. The number of nitrogens with two attached hydrogens (primary N) is 1. The van der Waals surface area contributed by atoms with Crippen LogP contribution in [0, 0.1) is 0 Å². The number of anilines is 1. The first-order valence-corrected chi connectivity index (χ1v) is 11.0. The molecule has 1 aliphatic heterocycles. The summed E-state index contributed by atoms with van der Waals surface area (Å²) in [6, 6.07) is 18.2. The molecule has 8 heteroatoms. The van der Waals surface area contributed by atoms with Crippen LogP contribution in [0.3, 0.4) is 0 Å². The summed E-state index contributed by atoms with van der Waals surface area (Å²) in [5.74, 6) is 0. The zero-order chi connectivity index (χ0) is 19.0. The molecule has 1 unspecified atom stereocenters. The lowest BCUT2D eigenvalue weighted by Crippen LogP contribution is -2.18. The van der Waals surface area contributed by atoms with Gasteiger partial charge in [-0.1, -0.05) is 29.8 Å². The first-order chi connectivity index (χ1) is 12.9. The lowest BCUT2D eigenvalue weighted by atomic mass is 10.0. The van der Waals surface area contributed by atoms with Crippen molar-refractivity contribution in [2.45, 2.75) is 17.4 Å². The van der Waals surface area contributed by atoms with Crippen LogP contribution in [0.4, 0.5) is 5.69 Å². The largest absolute Gasteiger partial charge is 0.257 e. The summed E-state index contributed by atoms with van der Waals surface area (Å²) in [7, 11) is -3.72. The predicted octanol–water partition coefficient (Wildman–Crippen LogP) is 4.40. The fraction of sp³-hybridized carbons (Fsp3) is 0.105. The number of hydrogen-bond donors (Lipinski definition) is 1. The summed E-state index contributed by atoms with van der Waals surface area (Å²) >= 11 is 7.67. The Kier molecular flexibility index (Phi) is 4.77. The van der Waals surface area contributed by atoms with Crippen molar-refractivity contribution in [3.05, 3.63) is 81.5 Å². The summed E-state index contributed by atoms with van der Waals surface area (Å²) < 4.78 is 23.0. The van der Waals surface area contributed by atoms with Gasteiger partial charge >= 0.3 is 0 Å². The molecule has 0 bridgehead atoms. The molecule has 0 saturated carbocycles. The van der Waals surface area contributed by atoms with Crippen LogP contribution >= 0.6 is 22.9 Å². The van der Waals surface area contributed by atoms with Crippen LogP contribution in [0.15, 0.2) is 76.0 Å². The van der Waals surface area contributed by atoms with Crippen LogP contribution in [0.2, 0.25) is 5.02 Å². The number of hydrogen-bond acceptors (Lipinski definition) is 5. The monoisotopic (exact) mass is 417 g/mol. The highest BCUT2D eigenvalue weighted by atomic mass is 35.5. The summed E-state index contributed by atoms with van der Waals surface area (Å²) in [5.41, 5.74) is 2.79. The van der Waals surface area contributed by atoms with Gasteiger partial charge in [0, 0.05) is 16.3 Å². The number of nitrogens with zero attached hydrogens (tertiary/aromatic N) is 2. The molecule has 138 valence electrons. The molecule has 2 heterocycles. The van der Waals surface area contributed by atoms with Crippen molar-refractivity contribution in [3.8, 4) is 0 Å².